The molecule has 1 fully saturated rings. The van der Waals surface area contributed by atoms with Gasteiger partial charge < -0.3 is 5.32 Å². The number of likely N-dealkylation sites (N-methyl/N-ethyl adjacent to an activating group) is 1. The van der Waals surface area contributed by atoms with Crippen molar-refractivity contribution in [2.24, 2.45) is 0 Å². The molecule has 0 spiro atoms. The Morgan fingerprint density at radius 1 is 1.21 bits per heavy atom. The highest BCUT2D eigenvalue weighted by atomic mass is 35.5. The molecule has 2 amide bonds. The summed E-state index contributed by atoms with van der Waals surface area (Å²) in [6.45, 7) is 0. The molecule has 2 aromatic rings. The largest absolute Gasteiger partial charge is 0.354 e. The predicted molar refractivity (Wildman–Crippen MR) is 112 cm³/mol. The number of anilines is 1. The minimum absolute atomic E-state index is 0.107. The van der Waals surface area contributed by atoms with Gasteiger partial charge in [-0.05, 0) is 30.2 Å². The number of hydrogen-bond donors (Lipinski definition) is 1. The van der Waals surface area contributed by atoms with Crippen LogP contribution < -0.4 is 10.2 Å². The van der Waals surface area contributed by atoms with Gasteiger partial charge in [-0.15, -0.1) is 0 Å². The molecule has 1 aliphatic rings. The molecule has 5 nitrogen and oxygen atoms in total. The average Bonchev–Trinajstić information content (AvgIpc) is 3.02. The van der Waals surface area contributed by atoms with Crippen molar-refractivity contribution in [3.05, 3.63) is 74.7 Å². The molecule has 142 valence electrons. The van der Waals surface area contributed by atoms with E-state index in [2.05, 4.69) is 5.32 Å². The average molecular weight is 432 g/mol. The quantitative estimate of drug-likeness (QED) is 0.582. The molecule has 0 aliphatic carbocycles. The van der Waals surface area contributed by atoms with Crippen LogP contribution in [0.3, 0.4) is 0 Å². The maximum absolute atomic E-state index is 13.2. The fourth-order valence-electron chi connectivity index (χ4n) is 2.83. The molecule has 3 rings (SSSR count). The summed E-state index contributed by atoms with van der Waals surface area (Å²) in [7, 11) is 1.44. The van der Waals surface area contributed by atoms with Gasteiger partial charge in [0.05, 0.1) is 15.3 Å². The van der Waals surface area contributed by atoms with Gasteiger partial charge in [0.25, 0.3) is 5.91 Å². The molecule has 1 saturated heterocycles. The van der Waals surface area contributed by atoms with Crippen LogP contribution in [0.5, 0.6) is 0 Å². The summed E-state index contributed by atoms with van der Waals surface area (Å²) < 4.78 is 0. The van der Waals surface area contributed by atoms with Crippen LogP contribution >= 0.6 is 35.0 Å². The summed E-state index contributed by atoms with van der Waals surface area (Å²) >= 11 is 13.5. The van der Waals surface area contributed by atoms with E-state index >= 15 is 0 Å². The fourth-order valence-corrected chi connectivity index (χ4v) is 4.52. The van der Waals surface area contributed by atoms with Gasteiger partial charge in [0, 0.05) is 12.7 Å². The van der Waals surface area contributed by atoms with E-state index in [9.17, 15) is 14.9 Å². The van der Waals surface area contributed by atoms with Crippen LogP contribution in [0, 0.1) is 11.3 Å². The van der Waals surface area contributed by atoms with Gasteiger partial charge in [0.2, 0.25) is 5.91 Å². The molecular formula is C20H15Cl2N3O2S. The minimum Gasteiger partial charge on any atom is -0.354 e. The molecule has 1 heterocycles. The summed E-state index contributed by atoms with van der Waals surface area (Å²) in [5.41, 5.74) is 1.21. The van der Waals surface area contributed by atoms with Crippen molar-refractivity contribution in [3.8, 4) is 6.07 Å². The van der Waals surface area contributed by atoms with Crippen LogP contribution in [0.1, 0.15) is 5.56 Å². The van der Waals surface area contributed by atoms with Gasteiger partial charge in [0.15, 0.2) is 0 Å². The molecule has 0 radical (unpaired) electrons. The van der Waals surface area contributed by atoms with Crippen molar-refractivity contribution >= 4 is 52.5 Å². The van der Waals surface area contributed by atoms with Crippen molar-refractivity contribution in [2.75, 3.05) is 11.9 Å². The second kappa shape index (κ2) is 8.70. The topological polar surface area (TPSA) is 73.2 Å². The fraction of sp³-hybridized carbons (Fsp3) is 0.150. The number of benzene rings is 2. The van der Waals surface area contributed by atoms with E-state index in [0.717, 1.165) is 5.56 Å². The Morgan fingerprint density at radius 3 is 2.57 bits per heavy atom. The van der Waals surface area contributed by atoms with E-state index in [0.29, 0.717) is 27.2 Å². The Balaban J connectivity index is 2.05. The highest BCUT2D eigenvalue weighted by Crippen LogP contribution is 2.42. The molecule has 1 N–H and O–H groups in total. The number of nitriles is 1. The van der Waals surface area contributed by atoms with Gasteiger partial charge in [-0.3, -0.25) is 14.5 Å². The summed E-state index contributed by atoms with van der Waals surface area (Å²) in [6, 6.07) is 16.1. The summed E-state index contributed by atoms with van der Waals surface area (Å²) in [4.78, 5) is 26.8. The van der Waals surface area contributed by atoms with Crippen LogP contribution in [0.4, 0.5) is 5.69 Å². The van der Waals surface area contributed by atoms with Gasteiger partial charge in [-0.1, -0.05) is 65.3 Å². The second-order valence-electron chi connectivity index (χ2n) is 5.90. The van der Waals surface area contributed by atoms with E-state index < -0.39 is 11.2 Å². The van der Waals surface area contributed by atoms with Gasteiger partial charge in [-0.2, -0.15) is 5.26 Å². The van der Waals surface area contributed by atoms with Gasteiger partial charge in [-0.25, -0.2) is 0 Å². The lowest BCUT2D eigenvalue weighted by Gasteiger charge is -2.18. The number of hydrogen-bond acceptors (Lipinski definition) is 4. The first-order valence-electron chi connectivity index (χ1n) is 8.33. The zero-order chi connectivity index (χ0) is 20.3. The Bertz CT molecular complexity index is 1000. The Kier molecular flexibility index (Phi) is 6.30. The molecule has 28 heavy (non-hydrogen) atoms. The Morgan fingerprint density at radius 2 is 1.93 bits per heavy atom. The van der Waals surface area contributed by atoms with Crippen molar-refractivity contribution in [1.82, 2.24) is 5.32 Å². The monoisotopic (exact) mass is 431 g/mol. The highest BCUT2D eigenvalue weighted by molar-refractivity contribution is 8.05. The van der Waals surface area contributed by atoms with E-state index in [1.165, 1.54) is 23.7 Å². The standard InChI is InChI=1S/C20H15Cl2N3O2S/c1-24-18(26)14(11-23)20-25(13-7-3-2-4-8-13)19(27)16(28-20)10-12-6-5-9-15(21)17(12)22/h2-9,16H,10H2,1H3,(H,24,26)/b20-14+/t16-/m0/s1. The third-order valence-corrected chi connectivity index (χ3v) is 6.30. The van der Waals surface area contributed by atoms with E-state index in [1.54, 1.807) is 42.5 Å². The lowest BCUT2D eigenvalue weighted by atomic mass is 10.1. The first-order valence-corrected chi connectivity index (χ1v) is 9.96. The number of carbonyl (C=O) groups is 2. The predicted octanol–water partition coefficient (Wildman–Crippen LogP) is 4.17. The molecule has 0 saturated carbocycles. The van der Waals surface area contributed by atoms with E-state index in [-0.39, 0.29) is 11.5 Å². The zero-order valence-electron chi connectivity index (χ0n) is 14.8. The third kappa shape index (κ3) is 3.88. The summed E-state index contributed by atoms with van der Waals surface area (Å²) in [6.07, 6.45) is 0.322. The number of amides is 2. The lowest BCUT2D eigenvalue weighted by Crippen LogP contribution is -2.31. The minimum atomic E-state index is -0.542. The third-order valence-electron chi connectivity index (χ3n) is 4.18. The number of nitrogens with one attached hydrogen (secondary N) is 1. The molecule has 1 atom stereocenters. The smallest absolute Gasteiger partial charge is 0.264 e. The van der Waals surface area contributed by atoms with Crippen molar-refractivity contribution in [3.63, 3.8) is 0 Å². The molecule has 2 aromatic carbocycles. The normalized spacial score (nSPS) is 18.0. The van der Waals surface area contributed by atoms with Crippen LogP contribution in [0.25, 0.3) is 0 Å². The van der Waals surface area contributed by atoms with Gasteiger partial charge >= 0.3 is 0 Å². The number of thioether (sulfide) groups is 1. The molecular weight excluding hydrogens is 417 g/mol. The molecule has 1 aliphatic heterocycles. The van der Waals surface area contributed by atoms with Crippen molar-refractivity contribution in [2.45, 2.75) is 11.7 Å². The number of halogens is 2. The maximum Gasteiger partial charge on any atom is 0.264 e. The number of nitrogens with zero attached hydrogens (tertiary/aromatic N) is 2. The molecule has 0 bridgehead atoms. The summed E-state index contributed by atoms with van der Waals surface area (Å²) in [5, 5.41) is 12.6. The SMILES string of the molecule is CNC(=O)/C(C#N)=C1/S[C@@H](Cc2cccc(Cl)c2Cl)C(=O)N1c1ccccc1. The second-order valence-corrected chi connectivity index (χ2v) is 7.88. The Labute approximate surface area is 176 Å². The summed E-state index contributed by atoms with van der Waals surface area (Å²) in [5.74, 6) is -0.765. The molecule has 8 heteroatoms. The van der Waals surface area contributed by atoms with E-state index in [1.807, 2.05) is 12.1 Å². The van der Waals surface area contributed by atoms with Crippen LogP contribution in [-0.2, 0) is 16.0 Å². The Hall–Kier alpha value is -2.46. The van der Waals surface area contributed by atoms with Gasteiger partial charge in [0.1, 0.15) is 16.7 Å². The number of carbonyl (C=O) groups excluding carboxylic acids is 2. The maximum atomic E-state index is 13.2. The first-order chi connectivity index (χ1) is 13.5. The van der Waals surface area contributed by atoms with Crippen LogP contribution in [-0.4, -0.2) is 24.1 Å². The zero-order valence-corrected chi connectivity index (χ0v) is 17.1. The highest BCUT2D eigenvalue weighted by Gasteiger charge is 2.40. The number of para-hydroxylation sites is 1. The molecule has 0 aromatic heterocycles. The van der Waals surface area contributed by atoms with Crippen LogP contribution in [0.15, 0.2) is 59.1 Å². The van der Waals surface area contributed by atoms with E-state index in [4.69, 9.17) is 23.2 Å². The number of rotatable bonds is 4. The first kappa shape index (κ1) is 20.3. The van der Waals surface area contributed by atoms with Crippen molar-refractivity contribution < 1.29 is 9.59 Å². The van der Waals surface area contributed by atoms with Crippen molar-refractivity contribution in [1.29, 1.82) is 5.26 Å². The molecule has 0 unspecified atom stereocenters. The lowest BCUT2D eigenvalue weighted by molar-refractivity contribution is -0.117. The van der Waals surface area contributed by atoms with Crippen LogP contribution in [0.2, 0.25) is 10.0 Å².